The predicted octanol–water partition coefficient (Wildman–Crippen LogP) is 2.09. The Bertz CT molecular complexity index is 836. The molecule has 0 fully saturated rings. The van der Waals surface area contributed by atoms with Crippen molar-refractivity contribution in [3.05, 3.63) is 36.7 Å². The first-order valence-electron chi connectivity index (χ1n) is 5.48. The summed E-state index contributed by atoms with van der Waals surface area (Å²) in [6, 6.07) is 4.95. The molecule has 0 amide bonds. The number of hydrogen-bond acceptors (Lipinski definition) is 4. The predicted molar refractivity (Wildman–Crippen MR) is 70.0 cm³/mol. The minimum atomic E-state index is -1.20. The third-order valence-electron chi connectivity index (χ3n) is 2.91. The Morgan fingerprint density at radius 1 is 1.47 bits per heavy atom. The van der Waals surface area contributed by atoms with Crippen molar-refractivity contribution in [2.45, 2.75) is 0 Å². The van der Waals surface area contributed by atoms with E-state index in [0.29, 0.717) is 16.4 Å². The Kier molecular flexibility index (Phi) is 2.25. The summed E-state index contributed by atoms with van der Waals surface area (Å²) in [4.78, 5) is 15.3. The monoisotopic (exact) mass is 255 g/mol. The molecular weight excluding hydrogens is 246 g/mol. The molecule has 0 unspecified atom stereocenters. The molecule has 2 N–H and O–H groups in total. The molecule has 2 aromatic heterocycles. The van der Waals surface area contributed by atoms with E-state index in [2.05, 4.69) is 16.7 Å². The summed E-state index contributed by atoms with van der Waals surface area (Å²) < 4.78 is 1.34. The summed E-state index contributed by atoms with van der Waals surface area (Å²) in [7, 11) is 0. The zero-order chi connectivity index (χ0) is 13.6. The minimum absolute atomic E-state index is 0.160. The number of hydrogen-bond donors (Lipinski definition) is 2. The lowest BCUT2D eigenvalue weighted by atomic mass is 10.1. The van der Waals surface area contributed by atoms with Crippen LogP contribution in [0, 0.1) is 0 Å². The molecule has 94 valence electrons. The molecule has 0 bridgehead atoms. The molecular formula is C13H9N3O3. The maximum absolute atomic E-state index is 11.2. The average molecular weight is 255 g/mol. The van der Waals surface area contributed by atoms with E-state index in [0.717, 1.165) is 0 Å². The fraction of sp³-hybridized carbons (Fsp3) is 0. The number of benzene rings is 1. The molecule has 6 nitrogen and oxygen atoms in total. The summed E-state index contributed by atoms with van der Waals surface area (Å²) in [5, 5.41) is 24.0. The Hall–Kier alpha value is -2.89. The quantitative estimate of drug-likeness (QED) is 0.732. The summed E-state index contributed by atoms with van der Waals surface area (Å²) in [5.74, 6) is -1.36. The average Bonchev–Trinajstić information content (AvgIpc) is 2.79. The molecule has 19 heavy (non-hydrogen) atoms. The molecule has 2 heterocycles. The van der Waals surface area contributed by atoms with Crippen molar-refractivity contribution < 1.29 is 15.0 Å². The molecule has 0 aliphatic carbocycles. The molecule has 6 heteroatoms. The fourth-order valence-corrected chi connectivity index (χ4v) is 2.15. The van der Waals surface area contributed by atoms with Gasteiger partial charge in [0.15, 0.2) is 5.69 Å². The van der Waals surface area contributed by atoms with Gasteiger partial charge in [-0.25, -0.2) is 9.48 Å². The van der Waals surface area contributed by atoms with Crippen LogP contribution in [0.15, 0.2) is 31.0 Å². The second-order valence-corrected chi connectivity index (χ2v) is 3.97. The van der Waals surface area contributed by atoms with Crippen LogP contribution in [0.5, 0.6) is 5.75 Å². The molecule has 0 radical (unpaired) electrons. The van der Waals surface area contributed by atoms with Crippen LogP contribution < -0.4 is 0 Å². The largest absolute Gasteiger partial charge is 0.507 e. The summed E-state index contributed by atoms with van der Waals surface area (Å²) in [6.45, 7) is 3.60. The molecule has 3 rings (SSSR count). The Morgan fingerprint density at radius 2 is 2.26 bits per heavy atom. The highest BCUT2D eigenvalue weighted by atomic mass is 16.4. The van der Waals surface area contributed by atoms with Gasteiger partial charge in [0, 0.05) is 23.8 Å². The Morgan fingerprint density at radius 3 is 2.95 bits per heavy atom. The van der Waals surface area contributed by atoms with Crippen molar-refractivity contribution in [3.8, 4) is 5.75 Å². The lowest BCUT2D eigenvalue weighted by molar-refractivity contribution is 0.0692. The normalized spacial score (nSPS) is 10.9. The van der Waals surface area contributed by atoms with Gasteiger partial charge >= 0.3 is 5.97 Å². The van der Waals surface area contributed by atoms with Crippen LogP contribution in [0.1, 0.15) is 10.5 Å². The molecule has 0 aliphatic heterocycles. The molecule has 0 spiro atoms. The van der Waals surface area contributed by atoms with Crippen LogP contribution in [-0.2, 0) is 0 Å². The summed E-state index contributed by atoms with van der Waals surface area (Å²) >= 11 is 0. The summed E-state index contributed by atoms with van der Waals surface area (Å²) in [5.41, 5.74) is 0.834. The van der Waals surface area contributed by atoms with E-state index in [1.807, 2.05) is 0 Å². The van der Waals surface area contributed by atoms with Gasteiger partial charge in [-0.3, -0.25) is 4.98 Å². The molecule has 0 saturated carbocycles. The topological polar surface area (TPSA) is 88.2 Å². The highest BCUT2D eigenvalue weighted by molar-refractivity contribution is 6.14. The highest BCUT2D eigenvalue weighted by Crippen LogP contribution is 2.34. The Labute approximate surface area is 107 Å². The number of nitrogens with zero attached hydrogens (tertiary/aromatic N) is 3. The number of rotatable bonds is 2. The second kappa shape index (κ2) is 3.81. The van der Waals surface area contributed by atoms with Gasteiger partial charge in [-0.05, 0) is 12.1 Å². The van der Waals surface area contributed by atoms with Crippen molar-refractivity contribution in [2.24, 2.45) is 0 Å². The molecule has 0 saturated heterocycles. The number of phenolic OH excluding ortho intramolecular Hbond substituents is 1. The van der Waals surface area contributed by atoms with Gasteiger partial charge in [0.05, 0.1) is 16.4 Å². The number of pyridine rings is 1. The first-order chi connectivity index (χ1) is 9.13. The number of carboxylic acids is 1. The lowest BCUT2D eigenvalue weighted by Crippen LogP contribution is -1.98. The van der Waals surface area contributed by atoms with Gasteiger partial charge in [-0.1, -0.05) is 6.58 Å². The van der Waals surface area contributed by atoms with Crippen molar-refractivity contribution >= 4 is 34.0 Å². The van der Waals surface area contributed by atoms with Gasteiger partial charge < -0.3 is 10.2 Å². The van der Waals surface area contributed by atoms with Crippen LogP contribution >= 0.6 is 0 Å². The van der Waals surface area contributed by atoms with E-state index >= 15 is 0 Å². The number of aromatic nitrogens is 3. The van der Waals surface area contributed by atoms with E-state index in [1.165, 1.54) is 16.9 Å². The van der Waals surface area contributed by atoms with E-state index in [1.54, 1.807) is 18.3 Å². The zero-order valence-electron chi connectivity index (χ0n) is 9.74. The molecule has 1 aromatic carbocycles. The van der Waals surface area contributed by atoms with Crippen molar-refractivity contribution in [1.29, 1.82) is 0 Å². The number of carboxylic acid groups (broad SMARTS) is 1. The van der Waals surface area contributed by atoms with Gasteiger partial charge in [0.1, 0.15) is 5.75 Å². The maximum atomic E-state index is 11.2. The van der Waals surface area contributed by atoms with Gasteiger partial charge in [-0.2, -0.15) is 5.10 Å². The number of carbonyl (C=O) groups is 1. The van der Waals surface area contributed by atoms with E-state index < -0.39 is 5.97 Å². The molecule has 0 atom stereocenters. The summed E-state index contributed by atoms with van der Waals surface area (Å²) in [6.07, 6.45) is 2.99. The zero-order valence-corrected chi connectivity index (χ0v) is 9.74. The van der Waals surface area contributed by atoms with Crippen molar-refractivity contribution in [1.82, 2.24) is 14.8 Å². The van der Waals surface area contributed by atoms with Crippen LogP contribution in [0.2, 0.25) is 0 Å². The van der Waals surface area contributed by atoms with Gasteiger partial charge in [-0.15, -0.1) is 0 Å². The highest BCUT2D eigenvalue weighted by Gasteiger charge is 2.21. The smallest absolute Gasteiger partial charge is 0.357 e. The maximum Gasteiger partial charge on any atom is 0.357 e. The number of fused-ring (bicyclic) bond motifs is 3. The van der Waals surface area contributed by atoms with Crippen LogP contribution in [0.4, 0.5) is 0 Å². The van der Waals surface area contributed by atoms with Gasteiger partial charge in [0.25, 0.3) is 0 Å². The van der Waals surface area contributed by atoms with E-state index in [9.17, 15) is 9.90 Å². The fourth-order valence-electron chi connectivity index (χ4n) is 2.15. The van der Waals surface area contributed by atoms with Gasteiger partial charge in [0.2, 0.25) is 0 Å². The standard InChI is InChI=1S/C13H9N3O3/c1-2-16-12-7-4-3-5-14-8(7)6-9(17)10(12)11(15-16)13(18)19/h2-6,17H,1H2,(H,18,19). The third kappa shape index (κ3) is 1.46. The molecule has 0 aliphatic rings. The van der Waals surface area contributed by atoms with Crippen molar-refractivity contribution in [2.75, 3.05) is 0 Å². The lowest BCUT2D eigenvalue weighted by Gasteiger charge is -2.03. The number of aromatic hydroxyl groups is 1. The van der Waals surface area contributed by atoms with Crippen LogP contribution in [0.3, 0.4) is 0 Å². The first-order valence-corrected chi connectivity index (χ1v) is 5.48. The van der Waals surface area contributed by atoms with Crippen LogP contribution in [-0.4, -0.2) is 30.9 Å². The minimum Gasteiger partial charge on any atom is -0.507 e. The van der Waals surface area contributed by atoms with E-state index in [-0.39, 0.29) is 16.8 Å². The van der Waals surface area contributed by atoms with E-state index in [4.69, 9.17) is 5.11 Å². The molecule has 3 aromatic rings. The van der Waals surface area contributed by atoms with Crippen LogP contribution in [0.25, 0.3) is 28.0 Å². The number of phenols is 1. The second-order valence-electron chi connectivity index (χ2n) is 3.97. The first kappa shape index (κ1) is 11.2. The van der Waals surface area contributed by atoms with Crippen molar-refractivity contribution in [3.63, 3.8) is 0 Å². The third-order valence-corrected chi connectivity index (χ3v) is 2.91. The SMILES string of the molecule is C=Cn1nc(C(=O)O)c2c(O)cc3ncccc3c21. The Balaban J connectivity index is 2.63. The number of aromatic carboxylic acids is 1.